The summed E-state index contributed by atoms with van der Waals surface area (Å²) in [5.41, 5.74) is 1.52. The van der Waals surface area contributed by atoms with Gasteiger partial charge in [0.25, 0.3) is 0 Å². The molecule has 0 amide bonds. The molecular weight excluding hydrogens is 156 g/mol. The molecule has 1 aromatic carbocycles. The zero-order chi connectivity index (χ0) is 9.73. The molecule has 0 nitrogen and oxygen atoms in total. The van der Waals surface area contributed by atoms with Crippen LogP contribution in [-0.2, 0) is 5.41 Å². The minimum atomic E-state index is 0.149. The molecule has 0 aliphatic rings. The van der Waals surface area contributed by atoms with Crippen LogP contribution in [0.15, 0.2) is 43.0 Å². The molecule has 0 saturated heterocycles. The predicted octanol–water partition coefficient (Wildman–Crippen LogP) is 3.93. The van der Waals surface area contributed by atoms with Gasteiger partial charge in [0.05, 0.1) is 0 Å². The lowest BCUT2D eigenvalue weighted by Gasteiger charge is -2.25. The van der Waals surface area contributed by atoms with E-state index in [2.05, 4.69) is 56.8 Å². The van der Waals surface area contributed by atoms with Crippen LogP contribution >= 0.6 is 0 Å². The first-order valence-corrected chi connectivity index (χ1v) is 4.92. The molecule has 0 aliphatic carbocycles. The molecule has 0 bridgehead atoms. The highest BCUT2D eigenvalue weighted by atomic mass is 14.2. The van der Waals surface area contributed by atoms with Crippen LogP contribution in [0.4, 0.5) is 0 Å². The second-order valence-corrected chi connectivity index (χ2v) is 3.74. The average Bonchev–Trinajstić information content (AvgIpc) is 2.19. The van der Waals surface area contributed by atoms with Crippen molar-refractivity contribution in [1.29, 1.82) is 0 Å². The van der Waals surface area contributed by atoms with Crippen molar-refractivity contribution in [3.05, 3.63) is 48.6 Å². The summed E-state index contributed by atoms with van der Waals surface area (Å²) in [6.45, 7) is 8.39. The van der Waals surface area contributed by atoms with Crippen LogP contribution in [0.5, 0.6) is 0 Å². The van der Waals surface area contributed by atoms with Crippen LogP contribution in [0.3, 0.4) is 0 Å². The maximum absolute atomic E-state index is 3.93. The maximum atomic E-state index is 3.93. The molecule has 1 atom stereocenters. The van der Waals surface area contributed by atoms with Crippen molar-refractivity contribution in [2.75, 3.05) is 0 Å². The molecule has 0 heteroatoms. The molecule has 0 spiro atoms. The van der Waals surface area contributed by atoms with Gasteiger partial charge in [0, 0.05) is 5.41 Å². The molecule has 0 N–H and O–H groups in total. The highest BCUT2D eigenvalue weighted by Gasteiger charge is 2.20. The van der Waals surface area contributed by atoms with Crippen LogP contribution in [0.1, 0.15) is 32.3 Å². The summed E-state index contributed by atoms with van der Waals surface area (Å²) in [6.07, 6.45) is 4.42. The number of hydrogen-bond donors (Lipinski definition) is 0. The fraction of sp³-hybridized carbons (Fsp3) is 0.385. The van der Waals surface area contributed by atoms with E-state index in [0.29, 0.717) is 0 Å². The van der Waals surface area contributed by atoms with Gasteiger partial charge >= 0.3 is 0 Å². The molecule has 0 aromatic heterocycles. The fourth-order valence-electron chi connectivity index (χ4n) is 1.70. The summed E-state index contributed by atoms with van der Waals surface area (Å²) in [4.78, 5) is 0. The Kier molecular flexibility index (Phi) is 3.30. The summed E-state index contributed by atoms with van der Waals surface area (Å²) in [6, 6.07) is 10.6. The van der Waals surface area contributed by atoms with Gasteiger partial charge in [-0.25, -0.2) is 0 Å². The van der Waals surface area contributed by atoms with Crippen molar-refractivity contribution in [3.8, 4) is 0 Å². The van der Waals surface area contributed by atoms with Gasteiger partial charge in [-0.15, -0.1) is 6.58 Å². The molecule has 1 rings (SSSR count). The predicted molar refractivity (Wildman–Crippen MR) is 58.9 cm³/mol. The first-order chi connectivity index (χ1) is 6.23. The van der Waals surface area contributed by atoms with E-state index in [0.717, 1.165) is 0 Å². The summed E-state index contributed by atoms with van der Waals surface area (Å²) < 4.78 is 0. The topological polar surface area (TPSA) is 0 Å². The Morgan fingerprint density at radius 1 is 1.31 bits per heavy atom. The molecule has 0 radical (unpaired) electrons. The molecule has 1 aromatic rings. The Bertz CT molecular complexity index is 261. The molecule has 0 aliphatic heterocycles. The van der Waals surface area contributed by atoms with Crippen molar-refractivity contribution in [2.45, 2.75) is 32.1 Å². The van der Waals surface area contributed by atoms with Crippen LogP contribution in [0, 0.1) is 0 Å². The van der Waals surface area contributed by atoms with E-state index in [9.17, 15) is 0 Å². The second-order valence-electron chi connectivity index (χ2n) is 3.74. The number of allylic oxidation sites excluding steroid dienone is 1. The van der Waals surface area contributed by atoms with E-state index >= 15 is 0 Å². The summed E-state index contributed by atoms with van der Waals surface area (Å²) in [5.74, 6) is 0. The number of rotatable bonds is 4. The van der Waals surface area contributed by atoms with Crippen molar-refractivity contribution >= 4 is 0 Å². The number of hydrogen-bond acceptors (Lipinski definition) is 0. The molecule has 0 fully saturated rings. The zero-order valence-electron chi connectivity index (χ0n) is 8.59. The third-order valence-corrected chi connectivity index (χ3v) is 2.65. The van der Waals surface area contributed by atoms with E-state index in [1.165, 1.54) is 18.4 Å². The largest absolute Gasteiger partial charge is 0.102 e. The number of benzene rings is 1. The van der Waals surface area contributed by atoms with Crippen LogP contribution in [0.25, 0.3) is 0 Å². The van der Waals surface area contributed by atoms with Gasteiger partial charge in [0.2, 0.25) is 0 Å². The Labute approximate surface area is 81.3 Å². The minimum Gasteiger partial charge on any atom is -0.102 e. The normalized spacial score (nSPS) is 14.9. The highest BCUT2D eigenvalue weighted by molar-refractivity contribution is 5.28. The van der Waals surface area contributed by atoms with Crippen molar-refractivity contribution < 1.29 is 0 Å². The van der Waals surface area contributed by atoms with Crippen molar-refractivity contribution in [1.82, 2.24) is 0 Å². The Morgan fingerprint density at radius 2 is 1.92 bits per heavy atom. The quantitative estimate of drug-likeness (QED) is 0.607. The van der Waals surface area contributed by atoms with Gasteiger partial charge in [-0.1, -0.05) is 56.7 Å². The highest BCUT2D eigenvalue weighted by Crippen LogP contribution is 2.29. The smallest absolute Gasteiger partial charge is 0.0101 e. The lowest BCUT2D eigenvalue weighted by Crippen LogP contribution is -2.17. The van der Waals surface area contributed by atoms with Gasteiger partial charge in [0.15, 0.2) is 0 Å². The van der Waals surface area contributed by atoms with Crippen molar-refractivity contribution in [3.63, 3.8) is 0 Å². The van der Waals surface area contributed by atoms with Crippen LogP contribution in [-0.4, -0.2) is 0 Å². The van der Waals surface area contributed by atoms with E-state index < -0.39 is 0 Å². The molecule has 70 valence electrons. The summed E-state index contributed by atoms with van der Waals surface area (Å²) in [5, 5.41) is 0. The minimum absolute atomic E-state index is 0.149. The second kappa shape index (κ2) is 4.27. The molecule has 0 heterocycles. The SMILES string of the molecule is C=C[C@](C)(CCC)c1ccccc1. The fourth-order valence-corrected chi connectivity index (χ4v) is 1.70. The van der Waals surface area contributed by atoms with Gasteiger partial charge in [-0.05, 0) is 12.0 Å². The van der Waals surface area contributed by atoms with Gasteiger partial charge in [-0.3, -0.25) is 0 Å². The van der Waals surface area contributed by atoms with E-state index in [1.54, 1.807) is 0 Å². The maximum Gasteiger partial charge on any atom is 0.0101 e. The Balaban J connectivity index is 2.95. The molecular formula is C13H18. The molecule has 13 heavy (non-hydrogen) atoms. The lowest BCUT2D eigenvalue weighted by molar-refractivity contribution is 0.532. The van der Waals surface area contributed by atoms with E-state index in [4.69, 9.17) is 0 Å². The average molecular weight is 174 g/mol. The third kappa shape index (κ3) is 2.21. The van der Waals surface area contributed by atoms with E-state index in [-0.39, 0.29) is 5.41 Å². The summed E-state index contributed by atoms with van der Waals surface area (Å²) >= 11 is 0. The lowest BCUT2D eigenvalue weighted by atomic mass is 9.79. The van der Waals surface area contributed by atoms with Gasteiger partial charge < -0.3 is 0 Å². The standard InChI is InChI=1S/C13H18/c1-4-11-13(3,5-2)12-9-7-6-8-10-12/h5-10H,2,4,11H2,1,3H3/t13-/m1/s1. The van der Waals surface area contributed by atoms with Gasteiger partial charge in [-0.2, -0.15) is 0 Å². The zero-order valence-corrected chi connectivity index (χ0v) is 8.59. The van der Waals surface area contributed by atoms with Crippen molar-refractivity contribution in [2.24, 2.45) is 0 Å². The van der Waals surface area contributed by atoms with Crippen LogP contribution in [0.2, 0.25) is 0 Å². The van der Waals surface area contributed by atoms with E-state index in [1.807, 2.05) is 0 Å². The molecule has 0 unspecified atom stereocenters. The third-order valence-electron chi connectivity index (χ3n) is 2.65. The Morgan fingerprint density at radius 3 is 2.38 bits per heavy atom. The first-order valence-electron chi connectivity index (χ1n) is 4.92. The summed E-state index contributed by atoms with van der Waals surface area (Å²) in [7, 11) is 0. The van der Waals surface area contributed by atoms with Gasteiger partial charge in [0.1, 0.15) is 0 Å². The first kappa shape index (κ1) is 10.0. The Hall–Kier alpha value is -1.04. The monoisotopic (exact) mass is 174 g/mol. The molecule has 0 saturated carbocycles. The van der Waals surface area contributed by atoms with Crippen LogP contribution < -0.4 is 0 Å².